The number of methoxy groups -OCH3 is 1. The quantitative estimate of drug-likeness (QED) is 0.604. The second-order valence-corrected chi connectivity index (χ2v) is 5.97. The maximum Gasteiger partial charge on any atom is 0.272 e. The molecule has 0 atom stereocenters. The van der Waals surface area contributed by atoms with Crippen molar-refractivity contribution in [1.29, 1.82) is 0 Å². The molecule has 0 aliphatic carbocycles. The summed E-state index contributed by atoms with van der Waals surface area (Å²) in [7, 11) is 1.56. The standard InChI is InChI=1S/C15H11BrCl2N2O2/c1-22-14-5-2-10(16)6-9(14)8-19-20-15(21)12-4-3-11(17)7-13(12)18/h2-8H,1H3,(H,20,21)/b19-8-. The Morgan fingerprint density at radius 2 is 2.05 bits per heavy atom. The lowest BCUT2D eigenvalue weighted by Gasteiger charge is -2.05. The summed E-state index contributed by atoms with van der Waals surface area (Å²) in [5, 5.41) is 4.64. The van der Waals surface area contributed by atoms with E-state index in [0.717, 1.165) is 10.0 Å². The van der Waals surface area contributed by atoms with Crippen LogP contribution in [0.3, 0.4) is 0 Å². The minimum Gasteiger partial charge on any atom is -0.496 e. The average molecular weight is 402 g/mol. The van der Waals surface area contributed by atoms with E-state index in [1.165, 1.54) is 18.3 Å². The number of rotatable bonds is 4. The van der Waals surface area contributed by atoms with Crippen molar-refractivity contribution in [2.24, 2.45) is 5.10 Å². The summed E-state index contributed by atoms with van der Waals surface area (Å²) in [6, 6.07) is 10.1. The lowest BCUT2D eigenvalue weighted by Crippen LogP contribution is -2.18. The van der Waals surface area contributed by atoms with Crippen molar-refractivity contribution >= 4 is 51.3 Å². The van der Waals surface area contributed by atoms with Crippen LogP contribution in [-0.2, 0) is 0 Å². The van der Waals surface area contributed by atoms with Crippen molar-refractivity contribution in [3.05, 3.63) is 62.0 Å². The van der Waals surface area contributed by atoms with Crippen LogP contribution in [0.25, 0.3) is 0 Å². The molecule has 0 aliphatic heterocycles. The number of nitrogens with zero attached hydrogens (tertiary/aromatic N) is 1. The molecule has 1 amide bonds. The molecule has 0 unspecified atom stereocenters. The highest BCUT2D eigenvalue weighted by molar-refractivity contribution is 9.10. The van der Waals surface area contributed by atoms with Crippen molar-refractivity contribution in [2.45, 2.75) is 0 Å². The molecule has 0 heterocycles. The molecule has 2 rings (SSSR count). The number of hydrogen-bond acceptors (Lipinski definition) is 3. The minimum absolute atomic E-state index is 0.264. The second-order valence-electron chi connectivity index (χ2n) is 4.21. The highest BCUT2D eigenvalue weighted by atomic mass is 79.9. The van der Waals surface area contributed by atoms with E-state index in [1.54, 1.807) is 19.2 Å². The molecule has 0 spiro atoms. The molecule has 4 nitrogen and oxygen atoms in total. The van der Waals surface area contributed by atoms with Gasteiger partial charge in [0.2, 0.25) is 0 Å². The van der Waals surface area contributed by atoms with Crippen molar-refractivity contribution in [1.82, 2.24) is 5.43 Å². The lowest BCUT2D eigenvalue weighted by molar-refractivity contribution is 0.0955. The fourth-order valence-corrected chi connectivity index (χ4v) is 2.57. The first-order chi connectivity index (χ1) is 10.5. The predicted octanol–water partition coefficient (Wildman–Crippen LogP) is 4.53. The molecule has 0 aromatic heterocycles. The summed E-state index contributed by atoms with van der Waals surface area (Å²) in [4.78, 5) is 12.0. The SMILES string of the molecule is COc1ccc(Br)cc1/C=N\NC(=O)c1ccc(Cl)cc1Cl. The Balaban J connectivity index is 2.12. The van der Waals surface area contributed by atoms with Crippen molar-refractivity contribution in [3.63, 3.8) is 0 Å². The highest BCUT2D eigenvalue weighted by Crippen LogP contribution is 2.22. The highest BCUT2D eigenvalue weighted by Gasteiger charge is 2.09. The molecule has 0 saturated heterocycles. The van der Waals surface area contributed by atoms with Gasteiger partial charge in [-0.25, -0.2) is 5.43 Å². The molecule has 2 aromatic rings. The van der Waals surface area contributed by atoms with E-state index in [1.807, 2.05) is 12.1 Å². The molecule has 0 saturated carbocycles. The van der Waals surface area contributed by atoms with Crippen LogP contribution in [0.2, 0.25) is 10.0 Å². The summed E-state index contributed by atoms with van der Waals surface area (Å²) in [6.45, 7) is 0. The molecule has 7 heteroatoms. The van der Waals surface area contributed by atoms with Crippen LogP contribution < -0.4 is 10.2 Å². The zero-order valence-electron chi connectivity index (χ0n) is 11.4. The first-order valence-electron chi connectivity index (χ1n) is 6.13. The summed E-state index contributed by atoms with van der Waals surface area (Å²) in [6.07, 6.45) is 1.49. The van der Waals surface area contributed by atoms with Gasteiger partial charge in [0.15, 0.2) is 0 Å². The predicted molar refractivity (Wildman–Crippen MR) is 92.2 cm³/mol. The molecule has 0 aliphatic rings. The van der Waals surface area contributed by atoms with Gasteiger partial charge in [-0.3, -0.25) is 4.79 Å². The van der Waals surface area contributed by atoms with Gasteiger partial charge >= 0.3 is 0 Å². The largest absolute Gasteiger partial charge is 0.496 e. The van der Waals surface area contributed by atoms with Crippen LogP contribution in [0.5, 0.6) is 5.75 Å². The Morgan fingerprint density at radius 1 is 1.27 bits per heavy atom. The minimum atomic E-state index is -0.424. The number of ether oxygens (including phenoxy) is 1. The molecule has 0 radical (unpaired) electrons. The Bertz CT molecular complexity index is 735. The van der Waals surface area contributed by atoms with E-state index in [9.17, 15) is 4.79 Å². The third-order valence-corrected chi connectivity index (χ3v) is 3.78. The fraction of sp³-hybridized carbons (Fsp3) is 0.0667. The Labute approximate surface area is 146 Å². The number of carbonyl (C=O) groups is 1. The third kappa shape index (κ3) is 4.22. The van der Waals surface area contributed by atoms with Gasteiger partial charge in [-0.15, -0.1) is 0 Å². The van der Waals surface area contributed by atoms with Gasteiger partial charge < -0.3 is 4.74 Å². The summed E-state index contributed by atoms with van der Waals surface area (Å²) < 4.78 is 6.09. The number of carbonyl (C=O) groups excluding carboxylic acids is 1. The number of benzene rings is 2. The lowest BCUT2D eigenvalue weighted by atomic mass is 10.2. The number of halogens is 3. The zero-order chi connectivity index (χ0) is 16.1. The maximum absolute atomic E-state index is 12.0. The maximum atomic E-state index is 12.0. The van der Waals surface area contributed by atoms with E-state index in [0.29, 0.717) is 16.3 Å². The van der Waals surface area contributed by atoms with Crippen LogP contribution >= 0.6 is 39.1 Å². The molecule has 0 fully saturated rings. The summed E-state index contributed by atoms with van der Waals surface area (Å²) in [5.41, 5.74) is 3.43. The summed E-state index contributed by atoms with van der Waals surface area (Å²) >= 11 is 15.1. The van der Waals surface area contributed by atoms with E-state index in [2.05, 4.69) is 26.5 Å². The molecular weight excluding hydrogens is 391 g/mol. The van der Waals surface area contributed by atoms with E-state index >= 15 is 0 Å². The molecule has 1 N–H and O–H groups in total. The van der Waals surface area contributed by atoms with Crippen molar-refractivity contribution in [2.75, 3.05) is 7.11 Å². The molecule has 22 heavy (non-hydrogen) atoms. The molecular formula is C15H11BrCl2N2O2. The van der Waals surface area contributed by atoms with E-state index in [4.69, 9.17) is 27.9 Å². The first-order valence-corrected chi connectivity index (χ1v) is 7.68. The van der Waals surface area contributed by atoms with Crippen LogP contribution in [-0.4, -0.2) is 19.2 Å². The topological polar surface area (TPSA) is 50.7 Å². The number of hydrogen-bond donors (Lipinski definition) is 1. The zero-order valence-corrected chi connectivity index (χ0v) is 14.5. The van der Waals surface area contributed by atoms with Crippen LogP contribution in [0.1, 0.15) is 15.9 Å². The summed E-state index contributed by atoms with van der Waals surface area (Å²) in [5.74, 6) is 0.220. The number of amides is 1. The molecule has 114 valence electrons. The van der Waals surface area contributed by atoms with Gasteiger partial charge in [0.1, 0.15) is 5.75 Å². The fourth-order valence-electron chi connectivity index (χ4n) is 1.70. The van der Waals surface area contributed by atoms with Crippen molar-refractivity contribution < 1.29 is 9.53 Å². The smallest absolute Gasteiger partial charge is 0.272 e. The van der Waals surface area contributed by atoms with Crippen LogP contribution in [0, 0.1) is 0 Å². The average Bonchev–Trinajstić information content (AvgIpc) is 2.47. The van der Waals surface area contributed by atoms with Gasteiger partial charge in [-0.1, -0.05) is 39.1 Å². The van der Waals surface area contributed by atoms with Crippen LogP contribution in [0.15, 0.2) is 46.0 Å². The first kappa shape index (κ1) is 16.8. The van der Waals surface area contributed by atoms with Gasteiger partial charge in [0.25, 0.3) is 5.91 Å². The normalized spacial score (nSPS) is 10.7. The Kier molecular flexibility index (Phi) is 5.83. The van der Waals surface area contributed by atoms with E-state index < -0.39 is 5.91 Å². The third-order valence-electron chi connectivity index (χ3n) is 2.74. The van der Waals surface area contributed by atoms with E-state index in [-0.39, 0.29) is 5.02 Å². The van der Waals surface area contributed by atoms with Gasteiger partial charge in [-0.2, -0.15) is 5.10 Å². The Morgan fingerprint density at radius 3 is 2.73 bits per heavy atom. The second kappa shape index (κ2) is 7.63. The van der Waals surface area contributed by atoms with Gasteiger partial charge in [-0.05, 0) is 36.4 Å². The number of nitrogens with one attached hydrogen (secondary N) is 1. The van der Waals surface area contributed by atoms with Gasteiger partial charge in [0.05, 0.1) is 23.9 Å². The van der Waals surface area contributed by atoms with Gasteiger partial charge in [0, 0.05) is 15.1 Å². The van der Waals surface area contributed by atoms with Crippen molar-refractivity contribution in [3.8, 4) is 5.75 Å². The molecule has 0 bridgehead atoms. The molecule has 2 aromatic carbocycles. The van der Waals surface area contributed by atoms with Crippen LogP contribution in [0.4, 0.5) is 0 Å². The monoisotopic (exact) mass is 400 g/mol. The number of hydrazone groups is 1. The Hall–Kier alpha value is -1.56.